The molecule has 4 nitrogen and oxygen atoms in total. The van der Waals surface area contributed by atoms with Crippen LogP contribution in [0.15, 0.2) is 18.2 Å². The van der Waals surface area contributed by atoms with Crippen LogP contribution in [0.3, 0.4) is 0 Å². The molecule has 1 aromatic carbocycles. The molecule has 0 amide bonds. The lowest BCUT2D eigenvalue weighted by Crippen LogP contribution is -2.40. The highest BCUT2D eigenvalue weighted by Gasteiger charge is 2.15. The van der Waals surface area contributed by atoms with Gasteiger partial charge in [-0.15, -0.1) is 0 Å². The van der Waals surface area contributed by atoms with Crippen LogP contribution in [0.5, 0.6) is 11.5 Å². The van der Waals surface area contributed by atoms with E-state index in [1.165, 1.54) is 0 Å². The van der Waals surface area contributed by atoms with Gasteiger partial charge < -0.3 is 14.4 Å². The van der Waals surface area contributed by atoms with E-state index < -0.39 is 0 Å². The second-order valence-corrected chi connectivity index (χ2v) is 3.70. The summed E-state index contributed by atoms with van der Waals surface area (Å²) in [4.78, 5) is 2.30. The number of anilines is 1. The van der Waals surface area contributed by atoms with Crippen LogP contribution in [0, 0.1) is 0 Å². The summed E-state index contributed by atoms with van der Waals surface area (Å²) in [6.45, 7) is 3.72. The first-order valence-corrected chi connectivity index (χ1v) is 5.45. The highest BCUT2D eigenvalue weighted by Crippen LogP contribution is 2.32. The molecule has 0 saturated carbocycles. The molecule has 87 valence electrons. The summed E-state index contributed by atoms with van der Waals surface area (Å²) in [5.41, 5.74) is 1.12. The first-order valence-electron chi connectivity index (χ1n) is 5.45. The maximum Gasteiger partial charge on any atom is 0.145 e. The largest absolute Gasteiger partial charge is 0.497 e. The van der Waals surface area contributed by atoms with Crippen molar-refractivity contribution in [1.29, 1.82) is 0 Å². The van der Waals surface area contributed by atoms with Crippen LogP contribution >= 0.6 is 0 Å². The first-order chi connectivity index (χ1) is 7.85. The lowest BCUT2D eigenvalue weighted by atomic mass is 10.2. The number of piperazine rings is 1. The molecule has 2 rings (SSSR count). The SMILES string of the molecule is COc1ccc(N2CC[N]CC2)c(OC)c1. The van der Waals surface area contributed by atoms with Gasteiger partial charge in [0.2, 0.25) is 0 Å². The van der Waals surface area contributed by atoms with E-state index in [1.807, 2.05) is 18.2 Å². The summed E-state index contributed by atoms with van der Waals surface area (Å²) in [5, 5.41) is 4.33. The molecule has 1 aromatic rings. The van der Waals surface area contributed by atoms with Crippen molar-refractivity contribution in [2.24, 2.45) is 0 Å². The van der Waals surface area contributed by atoms with Gasteiger partial charge in [-0.1, -0.05) is 0 Å². The molecule has 1 aliphatic heterocycles. The standard InChI is InChI=1S/C12H17N2O2/c1-15-10-3-4-11(12(9-10)16-2)14-7-5-13-6-8-14/h3-4,9H,5-8H2,1-2H3. The number of rotatable bonds is 3. The van der Waals surface area contributed by atoms with E-state index >= 15 is 0 Å². The van der Waals surface area contributed by atoms with Crippen LogP contribution in [0.4, 0.5) is 5.69 Å². The van der Waals surface area contributed by atoms with E-state index in [0.717, 1.165) is 43.4 Å². The van der Waals surface area contributed by atoms with Gasteiger partial charge in [-0.05, 0) is 12.1 Å². The Morgan fingerprint density at radius 3 is 2.50 bits per heavy atom. The van der Waals surface area contributed by atoms with Gasteiger partial charge in [0.05, 0.1) is 19.9 Å². The summed E-state index contributed by atoms with van der Waals surface area (Å²) in [6.07, 6.45) is 0. The van der Waals surface area contributed by atoms with Crippen LogP contribution in [-0.2, 0) is 0 Å². The highest BCUT2D eigenvalue weighted by molar-refractivity contribution is 5.61. The molecule has 4 heteroatoms. The Morgan fingerprint density at radius 1 is 1.12 bits per heavy atom. The molecule has 0 N–H and O–H groups in total. The molecule has 1 fully saturated rings. The molecule has 0 aromatic heterocycles. The van der Waals surface area contributed by atoms with E-state index in [0.29, 0.717) is 0 Å². The van der Waals surface area contributed by atoms with Crippen LogP contribution < -0.4 is 19.7 Å². The number of hydrogen-bond donors (Lipinski definition) is 0. The Morgan fingerprint density at radius 2 is 1.88 bits per heavy atom. The van der Waals surface area contributed by atoms with E-state index in [1.54, 1.807) is 14.2 Å². The van der Waals surface area contributed by atoms with Crippen molar-refractivity contribution in [3.8, 4) is 11.5 Å². The van der Waals surface area contributed by atoms with E-state index in [9.17, 15) is 0 Å². The Kier molecular flexibility index (Phi) is 3.51. The molecule has 0 bridgehead atoms. The Hall–Kier alpha value is -1.42. The zero-order chi connectivity index (χ0) is 11.4. The van der Waals surface area contributed by atoms with E-state index in [2.05, 4.69) is 10.2 Å². The smallest absolute Gasteiger partial charge is 0.145 e. The number of benzene rings is 1. The van der Waals surface area contributed by atoms with E-state index in [4.69, 9.17) is 9.47 Å². The molecule has 0 spiro atoms. The zero-order valence-electron chi connectivity index (χ0n) is 9.77. The van der Waals surface area contributed by atoms with Crippen molar-refractivity contribution in [3.63, 3.8) is 0 Å². The van der Waals surface area contributed by atoms with Gasteiger partial charge in [-0.3, -0.25) is 0 Å². The topological polar surface area (TPSA) is 35.8 Å². The van der Waals surface area contributed by atoms with Gasteiger partial charge in [0.15, 0.2) is 0 Å². The fraction of sp³-hybridized carbons (Fsp3) is 0.500. The molecule has 1 saturated heterocycles. The van der Waals surface area contributed by atoms with Gasteiger partial charge in [0, 0.05) is 32.2 Å². The predicted octanol–water partition coefficient (Wildman–Crippen LogP) is 1.13. The minimum atomic E-state index is 0.822. The number of nitrogens with zero attached hydrogens (tertiary/aromatic N) is 2. The minimum Gasteiger partial charge on any atom is -0.497 e. The molecule has 0 unspecified atom stereocenters. The summed E-state index contributed by atoms with van der Waals surface area (Å²) >= 11 is 0. The number of ether oxygens (including phenoxy) is 2. The summed E-state index contributed by atoms with van der Waals surface area (Å²) in [7, 11) is 3.35. The predicted molar refractivity (Wildman–Crippen MR) is 63.6 cm³/mol. The zero-order valence-corrected chi connectivity index (χ0v) is 9.77. The van der Waals surface area contributed by atoms with Crippen molar-refractivity contribution >= 4 is 5.69 Å². The van der Waals surface area contributed by atoms with Crippen LogP contribution in [0.25, 0.3) is 0 Å². The molecule has 1 aliphatic rings. The monoisotopic (exact) mass is 221 g/mol. The summed E-state index contributed by atoms with van der Waals surface area (Å²) in [6, 6.07) is 5.92. The quantitative estimate of drug-likeness (QED) is 0.767. The summed E-state index contributed by atoms with van der Waals surface area (Å²) < 4.78 is 10.6. The van der Waals surface area contributed by atoms with Gasteiger partial charge in [-0.25, -0.2) is 5.32 Å². The molecule has 16 heavy (non-hydrogen) atoms. The molecular formula is C12H17N2O2. The third-order valence-corrected chi connectivity index (χ3v) is 2.78. The van der Waals surface area contributed by atoms with Gasteiger partial charge in [0.25, 0.3) is 0 Å². The molecule has 0 atom stereocenters. The van der Waals surface area contributed by atoms with Gasteiger partial charge >= 0.3 is 0 Å². The highest BCUT2D eigenvalue weighted by atomic mass is 16.5. The normalized spacial score (nSPS) is 16.0. The Balaban J connectivity index is 2.24. The fourth-order valence-corrected chi connectivity index (χ4v) is 1.89. The second kappa shape index (κ2) is 5.07. The molecular weight excluding hydrogens is 204 g/mol. The second-order valence-electron chi connectivity index (χ2n) is 3.70. The lowest BCUT2D eigenvalue weighted by molar-refractivity contribution is 0.393. The van der Waals surface area contributed by atoms with Gasteiger partial charge in [-0.2, -0.15) is 0 Å². The number of methoxy groups -OCH3 is 2. The average molecular weight is 221 g/mol. The Bertz CT molecular complexity index is 349. The molecule has 1 heterocycles. The van der Waals surface area contributed by atoms with Crippen molar-refractivity contribution in [2.75, 3.05) is 45.3 Å². The van der Waals surface area contributed by atoms with Crippen molar-refractivity contribution in [3.05, 3.63) is 18.2 Å². The van der Waals surface area contributed by atoms with E-state index in [-0.39, 0.29) is 0 Å². The Labute approximate surface area is 96.2 Å². The average Bonchev–Trinajstić information content (AvgIpc) is 2.39. The van der Waals surface area contributed by atoms with Crippen molar-refractivity contribution < 1.29 is 9.47 Å². The summed E-state index contributed by atoms with van der Waals surface area (Å²) in [5.74, 6) is 1.68. The third kappa shape index (κ3) is 2.22. The van der Waals surface area contributed by atoms with Crippen molar-refractivity contribution in [1.82, 2.24) is 5.32 Å². The maximum atomic E-state index is 5.39. The van der Waals surface area contributed by atoms with Crippen LogP contribution in [-0.4, -0.2) is 40.4 Å². The van der Waals surface area contributed by atoms with Crippen LogP contribution in [0.2, 0.25) is 0 Å². The molecule has 0 aliphatic carbocycles. The first kappa shape index (κ1) is 11.1. The van der Waals surface area contributed by atoms with Crippen molar-refractivity contribution in [2.45, 2.75) is 0 Å². The van der Waals surface area contributed by atoms with Gasteiger partial charge in [0.1, 0.15) is 11.5 Å². The number of hydrogen-bond acceptors (Lipinski definition) is 3. The van der Waals surface area contributed by atoms with Crippen LogP contribution in [0.1, 0.15) is 0 Å². The fourth-order valence-electron chi connectivity index (χ4n) is 1.89. The lowest BCUT2D eigenvalue weighted by Gasteiger charge is -2.29. The third-order valence-electron chi connectivity index (χ3n) is 2.78. The maximum absolute atomic E-state index is 5.39. The molecule has 1 radical (unpaired) electrons. The minimum absolute atomic E-state index is 0.822.